The fourth-order valence-electron chi connectivity index (χ4n) is 12.8. The zero-order chi connectivity index (χ0) is 75.1. The van der Waals surface area contributed by atoms with E-state index in [0.717, 1.165) is 108 Å². The molecule has 0 aliphatic rings. The summed E-state index contributed by atoms with van der Waals surface area (Å²) in [4.78, 5) is 73.1. The van der Waals surface area contributed by atoms with E-state index < -0.39 is 97.5 Å². The van der Waals surface area contributed by atoms with Crippen LogP contribution in [0.15, 0.2) is 0 Å². The summed E-state index contributed by atoms with van der Waals surface area (Å²) in [5, 5.41) is 10.7. The van der Waals surface area contributed by atoms with Gasteiger partial charge < -0.3 is 33.8 Å². The summed E-state index contributed by atoms with van der Waals surface area (Å²) in [7, 11) is -9.93. The van der Waals surface area contributed by atoms with Gasteiger partial charge in [-0.3, -0.25) is 37.3 Å². The molecule has 3 N–H and O–H groups in total. The Balaban J connectivity index is 5.25. The van der Waals surface area contributed by atoms with Gasteiger partial charge in [0.15, 0.2) is 12.2 Å². The van der Waals surface area contributed by atoms with E-state index in [9.17, 15) is 43.2 Å². The minimum absolute atomic E-state index is 0.106. The van der Waals surface area contributed by atoms with Crippen LogP contribution < -0.4 is 0 Å². The number of carbonyl (C=O) groups excluding carboxylic acids is 4. The van der Waals surface area contributed by atoms with Crippen LogP contribution in [0.3, 0.4) is 0 Å². The van der Waals surface area contributed by atoms with Gasteiger partial charge in [0, 0.05) is 25.7 Å². The van der Waals surface area contributed by atoms with E-state index in [1.165, 1.54) is 244 Å². The predicted molar refractivity (Wildman–Crippen MR) is 418 cm³/mol. The molecule has 17 nitrogen and oxygen atoms in total. The fraction of sp³-hybridized carbons (Fsp3) is 0.952. The van der Waals surface area contributed by atoms with Crippen LogP contribution in [-0.4, -0.2) is 96.7 Å². The van der Waals surface area contributed by atoms with Crippen LogP contribution in [0, 0.1) is 17.8 Å². The molecular formula is C83H162O17P2. The highest BCUT2D eigenvalue weighted by Gasteiger charge is 2.30. The van der Waals surface area contributed by atoms with E-state index in [0.29, 0.717) is 25.7 Å². The first-order valence-electron chi connectivity index (χ1n) is 42.9. The fourth-order valence-corrected chi connectivity index (χ4v) is 14.4. The second-order valence-electron chi connectivity index (χ2n) is 30.8. The first kappa shape index (κ1) is 100. The summed E-state index contributed by atoms with van der Waals surface area (Å²) >= 11 is 0. The molecule has 0 rings (SSSR count). The van der Waals surface area contributed by atoms with Gasteiger partial charge in [0.1, 0.15) is 19.3 Å². The van der Waals surface area contributed by atoms with E-state index in [-0.39, 0.29) is 25.7 Å². The number of rotatable bonds is 81. The lowest BCUT2D eigenvalue weighted by atomic mass is 9.99. The van der Waals surface area contributed by atoms with Crippen molar-refractivity contribution in [1.82, 2.24) is 0 Å². The average Bonchev–Trinajstić information content (AvgIpc) is 0.916. The molecule has 0 bridgehead atoms. The van der Waals surface area contributed by atoms with Crippen LogP contribution in [0.1, 0.15) is 434 Å². The molecule has 0 aliphatic heterocycles. The lowest BCUT2D eigenvalue weighted by Gasteiger charge is -2.21. The number of unbranched alkanes of at least 4 members (excludes halogenated alkanes) is 47. The van der Waals surface area contributed by atoms with Gasteiger partial charge in [-0.2, -0.15) is 0 Å². The summed E-state index contributed by atoms with van der Waals surface area (Å²) in [6.45, 7) is 12.0. The molecule has 102 heavy (non-hydrogen) atoms. The minimum atomic E-state index is -4.96. The van der Waals surface area contributed by atoms with Crippen molar-refractivity contribution in [1.29, 1.82) is 0 Å². The van der Waals surface area contributed by atoms with Crippen molar-refractivity contribution in [3.8, 4) is 0 Å². The maximum Gasteiger partial charge on any atom is 0.472 e. The average molecular weight is 1490 g/mol. The lowest BCUT2D eigenvalue weighted by Crippen LogP contribution is -2.30. The Bertz CT molecular complexity index is 1980. The van der Waals surface area contributed by atoms with Crippen molar-refractivity contribution >= 4 is 39.5 Å². The molecule has 606 valence electrons. The van der Waals surface area contributed by atoms with E-state index in [1.807, 2.05) is 0 Å². The van der Waals surface area contributed by atoms with E-state index in [2.05, 4.69) is 48.5 Å². The van der Waals surface area contributed by atoms with Gasteiger partial charge in [0.2, 0.25) is 0 Å². The molecule has 0 aliphatic carbocycles. The Morgan fingerprint density at radius 3 is 0.745 bits per heavy atom. The molecule has 19 heteroatoms. The van der Waals surface area contributed by atoms with Gasteiger partial charge in [0.25, 0.3) is 0 Å². The second-order valence-corrected chi connectivity index (χ2v) is 33.7. The van der Waals surface area contributed by atoms with Crippen molar-refractivity contribution in [2.45, 2.75) is 452 Å². The van der Waals surface area contributed by atoms with Crippen molar-refractivity contribution < 1.29 is 80.2 Å². The zero-order valence-corrected chi connectivity index (χ0v) is 68.9. The molecular weight excluding hydrogens is 1330 g/mol. The summed E-state index contributed by atoms with van der Waals surface area (Å²) in [6.07, 6.45) is 62.3. The highest BCUT2D eigenvalue weighted by molar-refractivity contribution is 7.47. The summed E-state index contributed by atoms with van der Waals surface area (Å²) < 4.78 is 68.8. The number of hydrogen-bond acceptors (Lipinski definition) is 15. The highest BCUT2D eigenvalue weighted by atomic mass is 31.2. The van der Waals surface area contributed by atoms with Crippen LogP contribution in [0.2, 0.25) is 0 Å². The third-order valence-electron chi connectivity index (χ3n) is 20.1. The molecule has 0 saturated carbocycles. The third-order valence-corrected chi connectivity index (χ3v) is 22.0. The van der Waals surface area contributed by atoms with Gasteiger partial charge in [-0.05, 0) is 43.4 Å². The van der Waals surface area contributed by atoms with Crippen molar-refractivity contribution in [3.05, 3.63) is 0 Å². The Morgan fingerprint density at radius 2 is 0.500 bits per heavy atom. The molecule has 0 aromatic rings. The standard InChI is InChI=1S/C83H162O17P2/c1-8-11-12-13-14-15-16-17-22-26-29-35-43-50-57-64-80(85)93-70-78(99-82(87)66-59-52-45-36-30-27-24-21-19-18-20-23-25-28-33-40-47-54-61-74(4)5)72-97-101(89,90)95-68-77(84)69-96-102(91,92)98-73-79(71-94-81(86)65-58-51-44-39-38-42-49-56-63-76(7)10-3)100-83(88)67-60-53-46-37-32-31-34-41-48-55-62-75(6)9-2/h74-79,84H,8-73H2,1-7H3,(H,89,90)(H,91,92)/t75?,76?,77-,78-,79-/m1/s1. The summed E-state index contributed by atoms with van der Waals surface area (Å²) in [5.41, 5.74) is 0. The van der Waals surface area contributed by atoms with Crippen LogP contribution in [0.4, 0.5) is 0 Å². The Kier molecular flexibility index (Phi) is 71.8. The first-order valence-corrected chi connectivity index (χ1v) is 45.9. The Morgan fingerprint density at radius 1 is 0.284 bits per heavy atom. The van der Waals surface area contributed by atoms with Crippen LogP contribution >= 0.6 is 15.6 Å². The number of carbonyl (C=O) groups is 4. The third kappa shape index (κ3) is 73.6. The zero-order valence-electron chi connectivity index (χ0n) is 67.1. The van der Waals surface area contributed by atoms with Gasteiger partial charge in [-0.25, -0.2) is 9.13 Å². The summed E-state index contributed by atoms with van der Waals surface area (Å²) in [5.74, 6) is 0.293. The largest absolute Gasteiger partial charge is 0.472 e. The van der Waals surface area contributed by atoms with Gasteiger partial charge in [-0.1, -0.05) is 382 Å². The first-order chi connectivity index (χ1) is 49.3. The van der Waals surface area contributed by atoms with Crippen LogP contribution in [-0.2, 0) is 65.4 Å². The van der Waals surface area contributed by atoms with Gasteiger partial charge in [-0.15, -0.1) is 0 Å². The maximum absolute atomic E-state index is 13.1. The molecule has 0 radical (unpaired) electrons. The molecule has 0 aromatic heterocycles. The topological polar surface area (TPSA) is 237 Å². The van der Waals surface area contributed by atoms with Crippen molar-refractivity contribution in [2.24, 2.45) is 17.8 Å². The molecule has 0 aromatic carbocycles. The number of ether oxygens (including phenoxy) is 4. The summed E-state index contributed by atoms with van der Waals surface area (Å²) in [6, 6.07) is 0. The molecule has 0 fully saturated rings. The van der Waals surface area contributed by atoms with Crippen LogP contribution in [0.5, 0.6) is 0 Å². The number of aliphatic hydroxyl groups is 1. The van der Waals surface area contributed by atoms with Crippen molar-refractivity contribution in [2.75, 3.05) is 39.6 Å². The number of hydrogen-bond donors (Lipinski definition) is 3. The second kappa shape index (κ2) is 73.2. The van der Waals surface area contributed by atoms with E-state index >= 15 is 0 Å². The number of phosphoric ester groups is 2. The van der Waals surface area contributed by atoms with Gasteiger partial charge >= 0.3 is 39.5 Å². The smallest absolute Gasteiger partial charge is 0.462 e. The van der Waals surface area contributed by atoms with Crippen molar-refractivity contribution in [3.63, 3.8) is 0 Å². The number of esters is 4. The SMILES string of the molecule is CCCCCCCCCCCCCCCCCC(=O)OC[C@H](COP(=O)(O)OC[C@@H](O)COP(=O)(O)OC[C@@H](COC(=O)CCCCCCCCCCC(C)CC)OC(=O)CCCCCCCCCCCCC(C)CC)OC(=O)CCCCCCCCCCCCCCCCCCCCC(C)C. The molecule has 0 heterocycles. The highest BCUT2D eigenvalue weighted by Crippen LogP contribution is 2.45. The molecule has 0 saturated heterocycles. The van der Waals surface area contributed by atoms with Crippen LogP contribution in [0.25, 0.3) is 0 Å². The molecule has 4 unspecified atom stereocenters. The molecule has 7 atom stereocenters. The quantitative estimate of drug-likeness (QED) is 0.0222. The Labute approximate surface area is 626 Å². The minimum Gasteiger partial charge on any atom is -0.462 e. The van der Waals surface area contributed by atoms with E-state index in [1.54, 1.807) is 0 Å². The molecule has 0 spiro atoms. The molecule has 0 amide bonds. The monoisotopic (exact) mass is 1490 g/mol. The van der Waals surface area contributed by atoms with Gasteiger partial charge in [0.05, 0.1) is 26.4 Å². The number of phosphoric acid groups is 2. The predicted octanol–water partition coefficient (Wildman–Crippen LogP) is 24.9. The Hall–Kier alpha value is -1.94. The van der Waals surface area contributed by atoms with E-state index in [4.69, 9.17) is 37.0 Å². The lowest BCUT2D eigenvalue weighted by molar-refractivity contribution is -0.161. The maximum atomic E-state index is 13.1. The normalized spacial score (nSPS) is 14.5. The number of aliphatic hydroxyl groups excluding tert-OH is 1.